The third-order valence-electron chi connectivity index (χ3n) is 4.31. The van der Waals surface area contributed by atoms with E-state index in [4.69, 9.17) is 0 Å². The third-order valence-corrected chi connectivity index (χ3v) is 4.31. The van der Waals surface area contributed by atoms with Crippen molar-refractivity contribution in [3.8, 4) is 0 Å². The van der Waals surface area contributed by atoms with Gasteiger partial charge in [-0.05, 0) is 30.9 Å². The summed E-state index contributed by atoms with van der Waals surface area (Å²) in [5.41, 5.74) is 1.01. The van der Waals surface area contributed by atoms with Crippen molar-refractivity contribution in [2.24, 2.45) is 5.92 Å². The number of hydrogen-bond donors (Lipinski definition) is 1. The van der Waals surface area contributed by atoms with Crippen LogP contribution in [0, 0.1) is 5.92 Å². The molecule has 5 nitrogen and oxygen atoms in total. The molecule has 0 bridgehead atoms. The van der Waals surface area contributed by atoms with Crippen LogP contribution in [-0.2, 0) is 6.54 Å². The Morgan fingerprint density at radius 1 is 1.14 bits per heavy atom. The van der Waals surface area contributed by atoms with Crippen LogP contribution in [0.1, 0.15) is 32.4 Å². The van der Waals surface area contributed by atoms with Gasteiger partial charge in [0.1, 0.15) is 0 Å². The number of aromatic nitrogens is 2. The van der Waals surface area contributed by atoms with Crippen LogP contribution in [0.5, 0.6) is 0 Å². The lowest BCUT2D eigenvalue weighted by molar-refractivity contribution is 0.247. The van der Waals surface area contributed by atoms with Crippen molar-refractivity contribution in [1.82, 2.24) is 20.4 Å². The summed E-state index contributed by atoms with van der Waals surface area (Å²) in [6.07, 6.45) is 2.88. The molecule has 3 rings (SSSR count). The molecule has 116 valence electrons. The molecule has 2 fully saturated rings. The summed E-state index contributed by atoms with van der Waals surface area (Å²) in [6, 6.07) is 4.68. The van der Waals surface area contributed by atoms with Crippen LogP contribution in [0.2, 0.25) is 0 Å². The van der Waals surface area contributed by atoms with Crippen molar-refractivity contribution in [2.75, 3.05) is 37.6 Å². The summed E-state index contributed by atoms with van der Waals surface area (Å²) >= 11 is 0. The largest absolute Gasteiger partial charge is 0.353 e. The van der Waals surface area contributed by atoms with Crippen molar-refractivity contribution < 1.29 is 0 Å². The molecule has 1 aromatic heterocycles. The Morgan fingerprint density at radius 2 is 1.90 bits per heavy atom. The average Bonchev–Trinajstić information content (AvgIpc) is 3.30. The summed E-state index contributed by atoms with van der Waals surface area (Å²) in [6.45, 7) is 10.9. The number of nitrogens with one attached hydrogen (secondary N) is 1. The molecule has 1 N–H and O–H groups in total. The predicted molar refractivity (Wildman–Crippen MR) is 85.4 cm³/mol. The van der Waals surface area contributed by atoms with Gasteiger partial charge in [0, 0.05) is 45.3 Å². The molecular weight excluding hydrogens is 262 g/mol. The normalized spacial score (nSPS) is 20.2. The van der Waals surface area contributed by atoms with E-state index in [-0.39, 0.29) is 0 Å². The Kier molecular flexibility index (Phi) is 4.70. The second kappa shape index (κ2) is 6.71. The molecule has 1 aromatic rings. The lowest BCUT2D eigenvalue weighted by Gasteiger charge is -2.35. The maximum atomic E-state index is 4.40. The summed E-state index contributed by atoms with van der Waals surface area (Å²) in [4.78, 5) is 4.96. The third kappa shape index (κ3) is 4.38. The second-order valence-electron chi connectivity index (χ2n) is 6.65. The zero-order chi connectivity index (χ0) is 14.7. The van der Waals surface area contributed by atoms with Crippen LogP contribution in [0.3, 0.4) is 0 Å². The van der Waals surface area contributed by atoms with E-state index < -0.39 is 0 Å². The van der Waals surface area contributed by atoms with Gasteiger partial charge in [0.15, 0.2) is 5.82 Å². The summed E-state index contributed by atoms with van der Waals surface area (Å²) in [7, 11) is 0. The molecule has 2 heterocycles. The van der Waals surface area contributed by atoms with Gasteiger partial charge in [-0.25, -0.2) is 0 Å². The molecule has 1 saturated carbocycles. The zero-order valence-electron chi connectivity index (χ0n) is 13.3. The van der Waals surface area contributed by atoms with Crippen LogP contribution in [-0.4, -0.2) is 53.9 Å². The van der Waals surface area contributed by atoms with E-state index in [9.17, 15) is 0 Å². The van der Waals surface area contributed by atoms with Crippen molar-refractivity contribution >= 4 is 5.82 Å². The van der Waals surface area contributed by atoms with Gasteiger partial charge in [-0.2, -0.15) is 5.10 Å². The Bertz CT molecular complexity index is 432. The highest BCUT2D eigenvalue weighted by molar-refractivity contribution is 5.37. The number of piperazine rings is 1. The molecule has 0 spiro atoms. The van der Waals surface area contributed by atoms with Crippen LogP contribution >= 0.6 is 0 Å². The van der Waals surface area contributed by atoms with Gasteiger partial charge in [-0.15, -0.1) is 5.10 Å². The molecular formula is C16H27N5. The molecule has 5 heteroatoms. The van der Waals surface area contributed by atoms with Crippen molar-refractivity contribution in [2.45, 2.75) is 39.3 Å². The smallest absolute Gasteiger partial charge is 0.151 e. The molecule has 0 aromatic carbocycles. The minimum absolute atomic E-state index is 0.478. The first-order chi connectivity index (χ1) is 10.2. The first-order valence-corrected chi connectivity index (χ1v) is 8.24. The minimum atomic E-state index is 0.478. The molecule has 1 aliphatic carbocycles. The van der Waals surface area contributed by atoms with Crippen LogP contribution in [0.15, 0.2) is 12.1 Å². The number of rotatable bonds is 6. The highest BCUT2D eigenvalue weighted by atomic mass is 15.3. The minimum Gasteiger partial charge on any atom is -0.353 e. The highest BCUT2D eigenvalue weighted by Gasteiger charge is 2.26. The van der Waals surface area contributed by atoms with Crippen molar-refractivity contribution in [3.05, 3.63) is 17.8 Å². The summed E-state index contributed by atoms with van der Waals surface area (Å²) in [5.74, 6) is 2.01. The Labute approximate surface area is 127 Å². The van der Waals surface area contributed by atoms with E-state index >= 15 is 0 Å². The van der Waals surface area contributed by atoms with Gasteiger partial charge in [0.2, 0.25) is 0 Å². The molecule has 0 unspecified atom stereocenters. The van der Waals surface area contributed by atoms with E-state index in [0.29, 0.717) is 6.04 Å². The van der Waals surface area contributed by atoms with Gasteiger partial charge >= 0.3 is 0 Å². The molecule has 1 aliphatic heterocycles. The van der Waals surface area contributed by atoms with Gasteiger partial charge in [0.25, 0.3) is 0 Å². The first kappa shape index (κ1) is 14.7. The van der Waals surface area contributed by atoms with Crippen LogP contribution < -0.4 is 10.2 Å². The Hall–Kier alpha value is -1.20. The van der Waals surface area contributed by atoms with Crippen LogP contribution in [0.25, 0.3) is 0 Å². The quantitative estimate of drug-likeness (QED) is 0.860. The summed E-state index contributed by atoms with van der Waals surface area (Å²) < 4.78 is 0. The van der Waals surface area contributed by atoms with E-state index in [1.807, 2.05) is 0 Å². The van der Waals surface area contributed by atoms with Crippen molar-refractivity contribution in [3.63, 3.8) is 0 Å². The fourth-order valence-electron chi connectivity index (χ4n) is 2.75. The topological polar surface area (TPSA) is 44.3 Å². The average molecular weight is 289 g/mol. The van der Waals surface area contributed by atoms with E-state index in [2.05, 4.69) is 51.3 Å². The molecule has 0 atom stereocenters. The monoisotopic (exact) mass is 289 g/mol. The first-order valence-electron chi connectivity index (χ1n) is 8.24. The molecule has 0 radical (unpaired) electrons. The van der Waals surface area contributed by atoms with E-state index in [1.165, 1.54) is 19.4 Å². The lowest BCUT2D eigenvalue weighted by atomic mass is 10.2. The maximum absolute atomic E-state index is 4.40. The maximum Gasteiger partial charge on any atom is 0.151 e. The number of hydrogen-bond acceptors (Lipinski definition) is 5. The SMILES string of the molecule is CC(C)NCc1ccc(N2CCN(CC3CC3)CC2)nn1. The fourth-order valence-corrected chi connectivity index (χ4v) is 2.75. The second-order valence-corrected chi connectivity index (χ2v) is 6.65. The van der Waals surface area contributed by atoms with E-state index in [1.54, 1.807) is 0 Å². The molecule has 21 heavy (non-hydrogen) atoms. The van der Waals surface area contributed by atoms with Gasteiger partial charge < -0.3 is 10.2 Å². The van der Waals surface area contributed by atoms with Gasteiger partial charge in [0.05, 0.1) is 5.69 Å². The lowest BCUT2D eigenvalue weighted by Crippen LogP contribution is -2.47. The molecule has 2 aliphatic rings. The predicted octanol–water partition coefficient (Wildman–Crippen LogP) is 1.51. The molecule has 1 saturated heterocycles. The Balaban J connectivity index is 1.48. The zero-order valence-corrected chi connectivity index (χ0v) is 13.3. The standard InChI is InChI=1S/C16H27N5/c1-13(2)17-11-15-5-6-16(19-18-15)21-9-7-20(8-10-21)12-14-3-4-14/h5-6,13-14,17H,3-4,7-12H2,1-2H3. The Morgan fingerprint density at radius 3 is 2.48 bits per heavy atom. The highest BCUT2D eigenvalue weighted by Crippen LogP contribution is 2.30. The number of anilines is 1. The van der Waals surface area contributed by atoms with Gasteiger partial charge in [-0.3, -0.25) is 4.90 Å². The van der Waals surface area contributed by atoms with Gasteiger partial charge in [-0.1, -0.05) is 13.8 Å². The summed E-state index contributed by atoms with van der Waals surface area (Å²) in [5, 5.41) is 12.1. The number of nitrogens with zero attached hydrogens (tertiary/aromatic N) is 4. The van der Waals surface area contributed by atoms with Crippen LogP contribution in [0.4, 0.5) is 5.82 Å². The van der Waals surface area contributed by atoms with E-state index in [0.717, 1.165) is 50.2 Å². The molecule has 0 amide bonds. The van der Waals surface area contributed by atoms with Crippen molar-refractivity contribution in [1.29, 1.82) is 0 Å². The fraction of sp³-hybridized carbons (Fsp3) is 0.750.